The molecular formula is C18H31IN4O. The van der Waals surface area contributed by atoms with Gasteiger partial charge in [0.25, 0.3) is 0 Å². The summed E-state index contributed by atoms with van der Waals surface area (Å²) in [6, 6.07) is 9.09. The van der Waals surface area contributed by atoms with Crippen LogP contribution in [-0.4, -0.2) is 42.1 Å². The van der Waals surface area contributed by atoms with Crippen molar-refractivity contribution in [2.24, 2.45) is 10.7 Å². The summed E-state index contributed by atoms with van der Waals surface area (Å²) in [5, 5.41) is 3.12. The zero-order valence-corrected chi connectivity index (χ0v) is 17.5. The van der Waals surface area contributed by atoms with E-state index in [2.05, 4.69) is 29.1 Å². The largest absolute Gasteiger partial charge is 0.491 e. The lowest BCUT2D eigenvalue weighted by molar-refractivity contribution is 0.218. The van der Waals surface area contributed by atoms with Crippen LogP contribution in [0.4, 0.5) is 5.69 Å². The maximum absolute atomic E-state index is 5.97. The van der Waals surface area contributed by atoms with E-state index in [4.69, 9.17) is 10.5 Å². The van der Waals surface area contributed by atoms with Crippen molar-refractivity contribution >= 4 is 35.6 Å². The second-order valence-electron chi connectivity index (χ2n) is 6.65. The lowest BCUT2D eigenvalue weighted by Gasteiger charge is -2.25. The highest BCUT2D eigenvalue weighted by atomic mass is 127. The molecule has 2 rings (SSSR count). The number of nitrogens with zero attached hydrogens (tertiary/aromatic N) is 2. The summed E-state index contributed by atoms with van der Waals surface area (Å²) in [5.74, 6) is 1.32. The Labute approximate surface area is 163 Å². The molecule has 0 atom stereocenters. The average molecular weight is 446 g/mol. The van der Waals surface area contributed by atoms with Crippen LogP contribution in [-0.2, 0) is 0 Å². The molecular weight excluding hydrogens is 415 g/mol. The smallest absolute Gasteiger partial charge is 0.193 e. The van der Waals surface area contributed by atoms with Gasteiger partial charge in [-0.1, -0.05) is 0 Å². The number of nitrogens with two attached hydrogens (primary N) is 1. The Bertz CT molecular complexity index is 510. The van der Waals surface area contributed by atoms with Gasteiger partial charge in [-0.3, -0.25) is 9.89 Å². The lowest BCUT2D eigenvalue weighted by atomic mass is 10.3. The molecule has 0 aromatic heterocycles. The molecule has 3 N–H and O–H groups in total. The number of rotatable bonds is 8. The van der Waals surface area contributed by atoms with Crippen LogP contribution >= 0.6 is 24.0 Å². The standard InChI is InChI=1S/C18H30N4O.HI/c1-13(2)22(16-7-8-16)12-11-20-18(19)21-15-5-9-17(10-6-15)23-14(3)4;/h5-6,9-10,13-14,16H,7-8,11-12H2,1-4H3,(H3,19,20,21);1H. The first-order chi connectivity index (χ1) is 11.0. The molecule has 1 aromatic rings. The first-order valence-corrected chi connectivity index (χ1v) is 8.55. The quantitative estimate of drug-likeness (QED) is 0.363. The van der Waals surface area contributed by atoms with E-state index < -0.39 is 0 Å². The normalized spacial score (nSPS) is 14.9. The van der Waals surface area contributed by atoms with Gasteiger partial charge in [0.15, 0.2) is 5.96 Å². The van der Waals surface area contributed by atoms with Crippen LogP contribution in [0.1, 0.15) is 40.5 Å². The van der Waals surface area contributed by atoms with Gasteiger partial charge < -0.3 is 15.8 Å². The number of nitrogens with one attached hydrogen (secondary N) is 1. The number of anilines is 1. The first-order valence-electron chi connectivity index (χ1n) is 8.55. The van der Waals surface area contributed by atoms with Crippen molar-refractivity contribution in [1.29, 1.82) is 0 Å². The van der Waals surface area contributed by atoms with Gasteiger partial charge in [0, 0.05) is 24.3 Å². The van der Waals surface area contributed by atoms with Crippen molar-refractivity contribution in [3.63, 3.8) is 0 Å². The summed E-state index contributed by atoms with van der Waals surface area (Å²) in [6.45, 7) is 10.2. The summed E-state index contributed by atoms with van der Waals surface area (Å²) in [7, 11) is 0. The van der Waals surface area contributed by atoms with E-state index >= 15 is 0 Å². The van der Waals surface area contributed by atoms with Crippen molar-refractivity contribution in [1.82, 2.24) is 4.90 Å². The van der Waals surface area contributed by atoms with Crippen molar-refractivity contribution in [2.45, 2.75) is 58.7 Å². The van der Waals surface area contributed by atoms with Gasteiger partial charge in [-0.05, 0) is 64.8 Å². The Hall–Kier alpha value is -1.02. The molecule has 1 fully saturated rings. The Kier molecular flexibility index (Phi) is 8.83. The SMILES string of the molecule is CC(C)Oc1ccc(NC(N)=NCCN(C(C)C)C2CC2)cc1.I. The summed E-state index contributed by atoms with van der Waals surface area (Å²) < 4.78 is 5.62. The van der Waals surface area contributed by atoms with Crippen LogP contribution in [0.25, 0.3) is 0 Å². The molecule has 1 aliphatic carbocycles. The molecule has 0 unspecified atom stereocenters. The molecule has 0 amide bonds. The summed E-state index contributed by atoms with van der Waals surface area (Å²) in [6.07, 6.45) is 2.82. The van der Waals surface area contributed by atoms with E-state index in [-0.39, 0.29) is 30.1 Å². The first kappa shape index (κ1) is 21.0. The predicted molar refractivity (Wildman–Crippen MR) is 113 cm³/mol. The second kappa shape index (κ2) is 10.1. The molecule has 136 valence electrons. The number of benzene rings is 1. The zero-order valence-electron chi connectivity index (χ0n) is 15.2. The Morgan fingerprint density at radius 1 is 1.25 bits per heavy atom. The number of hydrogen-bond acceptors (Lipinski definition) is 3. The van der Waals surface area contributed by atoms with E-state index in [0.29, 0.717) is 12.0 Å². The van der Waals surface area contributed by atoms with Gasteiger partial charge in [-0.25, -0.2) is 0 Å². The molecule has 0 saturated heterocycles. The van der Waals surface area contributed by atoms with E-state index in [9.17, 15) is 0 Å². The topological polar surface area (TPSA) is 62.9 Å². The van der Waals surface area contributed by atoms with Gasteiger partial charge in [0.2, 0.25) is 0 Å². The average Bonchev–Trinajstić information content (AvgIpc) is 3.29. The van der Waals surface area contributed by atoms with Crippen molar-refractivity contribution < 1.29 is 4.74 Å². The molecule has 0 bridgehead atoms. The molecule has 0 heterocycles. The van der Waals surface area contributed by atoms with E-state index in [1.807, 2.05) is 38.1 Å². The molecule has 0 spiro atoms. The van der Waals surface area contributed by atoms with Crippen LogP contribution in [0.3, 0.4) is 0 Å². The lowest BCUT2D eigenvalue weighted by Crippen LogP contribution is -2.35. The number of aliphatic imine (C=N–C) groups is 1. The van der Waals surface area contributed by atoms with E-state index in [1.54, 1.807) is 0 Å². The fraction of sp³-hybridized carbons (Fsp3) is 0.611. The van der Waals surface area contributed by atoms with Crippen LogP contribution in [0.5, 0.6) is 5.75 Å². The summed E-state index contributed by atoms with van der Waals surface area (Å²) in [5.41, 5.74) is 6.89. The third kappa shape index (κ3) is 7.25. The zero-order chi connectivity index (χ0) is 16.8. The van der Waals surface area contributed by atoms with Crippen molar-refractivity contribution in [3.8, 4) is 5.75 Å². The fourth-order valence-electron chi connectivity index (χ4n) is 2.63. The Morgan fingerprint density at radius 3 is 2.38 bits per heavy atom. The molecule has 1 aliphatic rings. The third-order valence-electron chi connectivity index (χ3n) is 3.82. The second-order valence-corrected chi connectivity index (χ2v) is 6.65. The van der Waals surface area contributed by atoms with E-state index in [1.165, 1.54) is 12.8 Å². The molecule has 1 aromatic carbocycles. The van der Waals surface area contributed by atoms with E-state index in [0.717, 1.165) is 30.6 Å². The highest BCUT2D eigenvalue weighted by Gasteiger charge is 2.29. The molecule has 0 aliphatic heterocycles. The molecule has 24 heavy (non-hydrogen) atoms. The van der Waals surface area contributed by atoms with Gasteiger partial charge in [0.1, 0.15) is 5.75 Å². The molecule has 1 saturated carbocycles. The highest BCUT2D eigenvalue weighted by Crippen LogP contribution is 2.28. The van der Waals surface area contributed by atoms with Crippen LogP contribution in [0, 0.1) is 0 Å². The maximum atomic E-state index is 5.97. The third-order valence-corrected chi connectivity index (χ3v) is 3.82. The minimum absolute atomic E-state index is 0. The predicted octanol–water partition coefficient (Wildman–Crippen LogP) is 3.69. The minimum Gasteiger partial charge on any atom is -0.491 e. The minimum atomic E-state index is 0. The molecule has 6 heteroatoms. The molecule has 0 radical (unpaired) electrons. The molecule has 5 nitrogen and oxygen atoms in total. The van der Waals surface area contributed by atoms with Crippen LogP contribution in [0.15, 0.2) is 29.3 Å². The summed E-state index contributed by atoms with van der Waals surface area (Å²) in [4.78, 5) is 6.94. The number of halogens is 1. The van der Waals surface area contributed by atoms with Crippen molar-refractivity contribution in [2.75, 3.05) is 18.4 Å². The van der Waals surface area contributed by atoms with Crippen molar-refractivity contribution in [3.05, 3.63) is 24.3 Å². The van der Waals surface area contributed by atoms with Gasteiger partial charge in [0.05, 0.1) is 12.6 Å². The Morgan fingerprint density at radius 2 is 1.88 bits per heavy atom. The monoisotopic (exact) mass is 446 g/mol. The van der Waals surface area contributed by atoms with Gasteiger partial charge in [-0.15, -0.1) is 24.0 Å². The van der Waals surface area contributed by atoms with Gasteiger partial charge >= 0.3 is 0 Å². The summed E-state index contributed by atoms with van der Waals surface area (Å²) >= 11 is 0. The fourth-order valence-corrected chi connectivity index (χ4v) is 2.63. The number of guanidine groups is 1. The number of hydrogen-bond donors (Lipinski definition) is 2. The van der Waals surface area contributed by atoms with Crippen LogP contribution < -0.4 is 15.8 Å². The Balaban J connectivity index is 0.00000288. The number of ether oxygens (including phenoxy) is 1. The highest BCUT2D eigenvalue weighted by molar-refractivity contribution is 14.0. The maximum Gasteiger partial charge on any atom is 0.193 e. The van der Waals surface area contributed by atoms with Crippen LogP contribution in [0.2, 0.25) is 0 Å². The van der Waals surface area contributed by atoms with Gasteiger partial charge in [-0.2, -0.15) is 0 Å².